The first-order valence-electron chi connectivity index (χ1n) is 7.63. The SMILES string of the molecule is ClCC(CCl)(CC1COc2ccccc21)C1CCCC1. The van der Waals surface area contributed by atoms with Crippen molar-refractivity contribution >= 4 is 23.2 Å². The van der Waals surface area contributed by atoms with Crippen molar-refractivity contribution in [1.82, 2.24) is 0 Å². The minimum absolute atomic E-state index is 0.0745. The first-order chi connectivity index (χ1) is 9.79. The molecule has 0 saturated heterocycles. The first kappa shape index (κ1) is 14.5. The molecule has 0 N–H and O–H groups in total. The van der Waals surface area contributed by atoms with Gasteiger partial charge in [-0.25, -0.2) is 0 Å². The normalized spacial score (nSPS) is 22.8. The van der Waals surface area contributed by atoms with E-state index in [0.29, 0.717) is 23.6 Å². The van der Waals surface area contributed by atoms with Crippen molar-refractivity contribution in [3.63, 3.8) is 0 Å². The van der Waals surface area contributed by atoms with Crippen LogP contribution in [-0.2, 0) is 0 Å². The van der Waals surface area contributed by atoms with Gasteiger partial charge in [0.05, 0.1) is 6.61 Å². The number of fused-ring (bicyclic) bond motifs is 1. The second-order valence-electron chi connectivity index (χ2n) is 6.36. The Morgan fingerprint density at radius 3 is 2.50 bits per heavy atom. The molecule has 20 heavy (non-hydrogen) atoms. The van der Waals surface area contributed by atoms with Gasteiger partial charge in [0.25, 0.3) is 0 Å². The standard InChI is InChI=1S/C17H22Cl2O/c18-11-17(12-19,14-5-1-2-6-14)9-13-10-20-16-8-4-3-7-15(13)16/h3-4,7-8,13-14H,1-2,5-6,9-12H2. The molecule has 2 aliphatic rings. The van der Waals surface area contributed by atoms with Gasteiger partial charge in [0, 0.05) is 28.7 Å². The molecule has 1 aliphatic heterocycles. The topological polar surface area (TPSA) is 9.23 Å². The molecule has 1 unspecified atom stereocenters. The van der Waals surface area contributed by atoms with E-state index in [0.717, 1.165) is 18.8 Å². The van der Waals surface area contributed by atoms with E-state index < -0.39 is 0 Å². The van der Waals surface area contributed by atoms with Crippen LogP contribution in [0.2, 0.25) is 0 Å². The van der Waals surface area contributed by atoms with Crippen LogP contribution < -0.4 is 4.74 Å². The zero-order valence-corrected chi connectivity index (χ0v) is 13.3. The molecule has 1 saturated carbocycles. The molecule has 3 heteroatoms. The maximum atomic E-state index is 6.38. The van der Waals surface area contributed by atoms with Gasteiger partial charge >= 0.3 is 0 Å². The summed E-state index contributed by atoms with van der Waals surface area (Å²) in [6.45, 7) is 0.779. The highest BCUT2D eigenvalue weighted by Crippen LogP contribution is 2.49. The third-order valence-corrected chi connectivity index (χ3v) is 6.27. The number of hydrogen-bond donors (Lipinski definition) is 0. The lowest BCUT2D eigenvalue weighted by Gasteiger charge is -2.37. The molecule has 3 rings (SSSR count). The second-order valence-corrected chi connectivity index (χ2v) is 6.90. The summed E-state index contributed by atoms with van der Waals surface area (Å²) in [6.07, 6.45) is 6.29. The minimum Gasteiger partial charge on any atom is -0.493 e. The second kappa shape index (κ2) is 6.15. The van der Waals surface area contributed by atoms with Crippen molar-refractivity contribution in [2.24, 2.45) is 11.3 Å². The molecule has 0 aromatic heterocycles. The monoisotopic (exact) mass is 312 g/mol. The van der Waals surface area contributed by atoms with E-state index in [-0.39, 0.29) is 5.41 Å². The number of rotatable bonds is 5. The third kappa shape index (κ3) is 2.55. The summed E-state index contributed by atoms with van der Waals surface area (Å²) in [5.41, 5.74) is 1.41. The smallest absolute Gasteiger partial charge is 0.122 e. The van der Waals surface area contributed by atoms with Crippen molar-refractivity contribution in [2.75, 3.05) is 18.4 Å². The zero-order valence-electron chi connectivity index (χ0n) is 11.8. The summed E-state index contributed by atoms with van der Waals surface area (Å²) in [5.74, 6) is 3.51. The Balaban J connectivity index is 1.81. The lowest BCUT2D eigenvalue weighted by Crippen LogP contribution is -2.35. The van der Waals surface area contributed by atoms with Crippen LogP contribution in [0, 0.1) is 11.3 Å². The molecule has 110 valence electrons. The number of benzene rings is 1. The Bertz CT molecular complexity index is 450. The third-order valence-electron chi connectivity index (χ3n) is 5.21. The summed E-state index contributed by atoms with van der Waals surface area (Å²) in [5, 5.41) is 0. The Labute approximate surface area is 131 Å². The van der Waals surface area contributed by atoms with Crippen LogP contribution in [-0.4, -0.2) is 18.4 Å². The molecule has 0 spiro atoms. The average molecular weight is 313 g/mol. The number of hydrogen-bond acceptors (Lipinski definition) is 1. The largest absolute Gasteiger partial charge is 0.493 e. The maximum Gasteiger partial charge on any atom is 0.122 e. The zero-order chi connectivity index (χ0) is 14.0. The molecule has 0 radical (unpaired) electrons. The summed E-state index contributed by atoms with van der Waals surface area (Å²) in [6, 6.07) is 8.39. The van der Waals surface area contributed by atoms with Crippen LogP contribution in [0.5, 0.6) is 5.75 Å². The van der Waals surface area contributed by atoms with Gasteiger partial charge in [-0.05, 0) is 31.2 Å². The van der Waals surface area contributed by atoms with Gasteiger partial charge in [0.2, 0.25) is 0 Å². The van der Waals surface area contributed by atoms with Gasteiger partial charge in [-0.15, -0.1) is 23.2 Å². The van der Waals surface area contributed by atoms with Crippen molar-refractivity contribution < 1.29 is 4.74 Å². The molecule has 1 nitrogen and oxygen atoms in total. The lowest BCUT2D eigenvalue weighted by atomic mass is 9.70. The van der Waals surface area contributed by atoms with Gasteiger partial charge in [-0.1, -0.05) is 31.0 Å². The molecule has 1 aromatic carbocycles. The number of para-hydroxylation sites is 1. The Morgan fingerprint density at radius 1 is 1.10 bits per heavy atom. The Morgan fingerprint density at radius 2 is 1.80 bits per heavy atom. The highest BCUT2D eigenvalue weighted by Gasteiger charge is 2.42. The van der Waals surface area contributed by atoms with Crippen LogP contribution in [0.15, 0.2) is 24.3 Å². The fraction of sp³-hybridized carbons (Fsp3) is 0.647. The molecular formula is C17H22Cl2O. The van der Waals surface area contributed by atoms with Crippen molar-refractivity contribution in [3.05, 3.63) is 29.8 Å². The van der Waals surface area contributed by atoms with Gasteiger partial charge < -0.3 is 4.74 Å². The van der Waals surface area contributed by atoms with Gasteiger partial charge in [0.1, 0.15) is 5.75 Å². The molecule has 0 bridgehead atoms. The van der Waals surface area contributed by atoms with Crippen molar-refractivity contribution in [1.29, 1.82) is 0 Å². The summed E-state index contributed by atoms with van der Waals surface area (Å²) in [4.78, 5) is 0. The summed E-state index contributed by atoms with van der Waals surface area (Å²) in [7, 11) is 0. The molecule has 0 amide bonds. The number of ether oxygens (including phenoxy) is 1. The van der Waals surface area contributed by atoms with Crippen molar-refractivity contribution in [2.45, 2.75) is 38.0 Å². The van der Waals surface area contributed by atoms with Gasteiger partial charge in [0.15, 0.2) is 0 Å². The van der Waals surface area contributed by atoms with Crippen LogP contribution in [0.3, 0.4) is 0 Å². The molecule has 1 atom stereocenters. The fourth-order valence-corrected chi connectivity index (χ4v) is 4.90. The molecular weight excluding hydrogens is 291 g/mol. The average Bonchev–Trinajstić information content (AvgIpc) is 3.15. The van der Waals surface area contributed by atoms with E-state index in [1.54, 1.807) is 0 Å². The van der Waals surface area contributed by atoms with Crippen LogP contribution >= 0.6 is 23.2 Å². The summed E-state index contributed by atoms with van der Waals surface area (Å²) < 4.78 is 5.82. The quantitative estimate of drug-likeness (QED) is 0.678. The maximum absolute atomic E-state index is 6.38. The first-order valence-corrected chi connectivity index (χ1v) is 8.69. The lowest BCUT2D eigenvalue weighted by molar-refractivity contribution is 0.180. The van der Waals surface area contributed by atoms with Crippen molar-refractivity contribution in [3.8, 4) is 5.75 Å². The van der Waals surface area contributed by atoms with E-state index in [1.807, 2.05) is 6.07 Å². The highest BCUT2D eigenvalue weighted by molar-refractivity contribution is 6.21. The van der Waals surface area contributed by atoms with E-state index in [4.69, 9.17) is 27.9 Å². The number of alkyl halides is 2. The predicted octanol–water partition coefficient (Wildman–Crippen LogP) is 5.21. The molecule has 1 heterocycles. The van der Waals surface area contributed by atoms with E-state index >= 15 is 0 Å². The molecule has 1 fully saturated rings. The highest BCUT2D eigenvalue weighted by atomic mass is 35.5. The Hall–Kier alpha value is -0.400. The summed E-state index contributed by atoms with van der Waals surface area (Å²) >= 11 is 12.8. The van der Waals surface area contributed by atoms with E-state index in [9.17, 15) is 0 Å². The predicted molar refractivity (Wildman–Crippen MR) is 85.1 cm³/mol. The van der Waals surface area contributed by atoms with Crippen LogP contribution in [0.1, 0.15) is 43.6 Å². The Kier molecular flexibility index (Phi) is 4.47. The van der Waals surface area contributed by atoms with Crippen LogP contribution in [0.25, 0.3) is 0 Å². The number of halogens is 2. The van der Waals surface area contributed by atoms with Gasteiger partial charge in [-0.2, -0.15) is 0 Å². The molecule has 1 aliphatic carbocycles. The molecule has 1 aromatic rings. The van der Waals surface area contributed by atoms with Crippen LogP contribution in [0.4, 0.5) is 0 Å². The van der Waals surface area contributed by atoms with E-state index in [1.165, 1.54) is 31.2 Å². The van der Waals surface area contributed by atoms with E-state index in [2.05, 4.69) is 18.2 Å². The fourth-order valence-electron chi connectivity index (χ4n) is 3.96. The van der Waals surface area contributed by atoms with Gasteiger partial charge in [-0.3, -0.25) is 0 Å². The minimum atomic E-state index is 0.0745.